The molecule has 0 radical (unpaired) electrons. The molecule has 144 valence electrons. The molecule has 2 aliphatic heterocycles. The van der Waals surface area contributed by atoms with Gasteiger partial charge < -0.3 is 14.3 Å². The number of aryl methyl sites for hydroxylation is 1. The van der Waals surface area contributed by atoms with E-state index in [0.29, 0.717) is 24.3 Å². The van der Waals surface area contributed by atoms with Gasteiger partial charge in [-0.25, -0.2) is 0 Å². The highest BCUT2D eigenvalue weighted by Gasteiger charge is 2.43. The van der Waals surface area contributed by atoms with Crippen molar-refractivity contribution in [3.63, 3.8) is 0 Å². The third-order valence-corrected chi connectivity index (χ3v) is 5.87. The Morgan fingerprint density at radius 3 is 2.71 bits per heavy atom. The van der Waals surface area contributed by atoms with Gasteiger partial charge in [-0.2, -0.15) is 5.10 Å². The molecular formula is C20H21N5O3. The Kier molecular flexibility index (Phi) is 3.92. The number of rotatable bonds is 3. The quantitative estimate of drug-likeness (QED) is 0.750. The van der Waals surface area contributed by atoms with E-state index in [1.165, 1.54) is 6.26 Å². The topological polar surface area (TPSA) is 95.3 Å². The minimum absolute atomic E-state index is 0.0167. The number of piperazine rings is 1. The number of hydrogen-bond donors (Lipinski definition) is 1. The molecule has 0 saturated carbocycles. The minimum Gasteiger partial charge on any atom is -0.364 e. The predicted molar refractivity (Wildman–Crippen MR) is 101 cm³/mol. The van der Waals surface area contributed by atoms with E-state index in [1.807, 2.05) is 34.9 Å². The summed E-state index contributed by atoms with van der Waals surface area (Å²) in [7, 11) is 0. The van der Waals surface area contributed by atoms with Crippen LogP contribution >= 0.6 is 0 Å². The van der Waals surface area contributed by atoms with Gasteiger partial charge in [0, 0.05) is 47.9 Å². The molecule has 2 aromatic heterocycles. The van der Waals surface area contributed by atoms with Gasteiger partial charge in [0.15, 0.2) is 0 Å². The van der Waals surface area contributed by atoms with E-state index in [9.17, 15) is 9.59 Å². The lowest BCUT2D eigenvalue weighted by Gasteiger charge is -2.41. The summed E-state index contributed by atoms with van der Waals surface area (Å²) in [6.45, 7) is 3.09. The molecular weight excluding hydrogens is 358 g/mol. The molecule has 3 aromatic rings. The van der Waals surface area contributed by atoms with Gasteiger partial charge in [0.25, 0.3) is 5.91 Å². The first kappa shape index (κ1) is 17.0. The van der Waals surface area contributed by atoms with Crippen LogP contribution in [-0.2, 0) is 11.2 Å². The first-order valence-corrected chi connectivity index (χ1v) is 9.54. The van der Waals surface area contributed by atoms with Crippen molar-refractivity contribution in [1.82, 2.24) is 25.2 Å². The van der Waals surface area contributed by atoms with Gasteiger partial charge in [0.05, 0.1) is 17.6 Å². The third-order valence-electron chi connectivity index (χ3n) is 5.87. The van der Waals surface area contributed by atoms with Crippen LogP contribution in [0.1, 0.15) is 34.6 Å². The van der Waals surface area contributed by atoms with Crippen LogP contribution in [0, 0.1) is 6.92 Å². The van der Waals surface area contributed by atoms with E-state index in [-0.39, 0.29) is 30.3 Å². The standard InChI is InChI=1S/C20H21N5O3/c1-12-17-8-13(2-5-18(17)22-21-12)20(27)24-10-15-3-4-16(11-24)25(15)19(26)9-14-6-7-28-23-14/h2,5-8,15-16H,3-4,9-11H2,1H3,(H,21,22)/t15-,16+. The molecule has 28 heavy (non-hydrogen) atoms. The highest BCUT2D eigenvalue weighted by Crippen LogP contribution is 2.31. The van der Waals surface area contributed by atoms with Gasteiger partial charge in [-0.3, -0.25) is 14.7 Å². The van der Waals surface area contributed by atoms with Gasteiger partial charge in [0.2, 0.25) is 5.91 Å². The Bertz CT molecular complexity index is 1030. The van der Waals surface area contributed by atoms with Crippen LogP contribution in [0.15, 0.2) is 35.1 Å². The normalized spacial score (nSPS) is 21.5. The van der Waals surface area contributed by atoms with Crippen molar-refractivity contribution in [1.29, 1.82) is 0 Å². The van der Waals surface area contributed by atoms with E-state index in [4.69, 9.17) is 4.52 Å². The first-order valence-electron chi connectivity index (χ1n) is 9.54. The van der Waals surface area contributed by atoms with Crippen molar-refractivity contribution in [2.45, 2.75) is 38.3 Å². The summed E-state index contributed by atoms with van der Waals surface area (Å²) in [5.74, 6) is 0.0759. The number of nitrogens with zero attached hydrogens (tertiary/aromatic N) is 4. The number of hydrogen-bond acceptors (Lipinski definition) is 5. The third kappa shape index (κ3) is 2.76. The lowest BCUT2D eigenvalue weighted by Crippen LogP contribution is -2.57. The lowest BCUT2D eigenvalue weighted by atomic mass is 10.1. The Morgan fingerprint density at radius 2 is 2.00 bits per heavy atom. The fourth-order valence-electron chi connectivity index (χ4n) is 4.50. The molecule has 0 aliphatic carbocycles. The number of amides is 2. The number of aromatic nitrogens is 3. The molecule has 8 heteroatoms. The predicted octanol–water partition coefficient (Wildman–Crippen LogP) is 1.92. The zero-order chi connectivity index (χ0) is 19.3. The van der Waals surface area contributed by atoms with Crippen LogP contribution in [0.25, 0.3) is 10.9 Å². The maximum Gasteiger partial charge on any atom is 0.254 e. The molecule has 1 aromatic carbocycles. The number of H-pyrrole nitrogens is 1. The summed E-state index contributed by atoms with van der Waals surface area (Å²) in [6, 6.07) is 7.46. The Hall–Kier alpha value is -3.16. The number of carbonyl (C=O) groups excluding carboxylic acids is 2. The summed E-state index contributed by atoms with van der Waals surface area (Å²) < 4.78 is 4.82. The summed E-state index contributed by atoms with van der Waals surface area (Å²) >= 11 is 0. The summed E-state index contributed by atoms with van der Waals surface area (Å²) in [6.07, 6.45) is 3.58. The monoisotopic (exact) mass is 379 g/mol. The maximum absolute atomic E-state index is 13.1. The molecule has 2 atom stereocenters. The molecule has 8 nitrogen and oxygen atoms in total. The molecule has 0 spiro atoms. The fraction of sp³-hybridized carbons (Fsp3) is 0.400. The maximum atomic E-state index is 13.1. The molecule has 2 amide bonds. The average Bonchev–Trinajstić information content (AvgIpc) is 3.40. The van der Waals surface area contributed by atoms with Crippen molar-refractivity contribution in [3.8, 4) is 0 Å². The molecule has 5 rings (SSSR count). The molecule has 2 saturated heterocycles. The Morgan fingerprint density at radius 1 is 1.21 bits per heavy atom. The van der Waals surface area contributed by atoms with Crippen molar-refractivity contribution in [2.24, 2.45) is 0 Å². The number of carbonyl (C=O) groups is 2. The van der Waals surface area contributed by atoms with E-state index in [0.717, 1.165) is 29.4 Å². The molecule has 2 bridgehead atoms. The van der Waals surface area contributed by atoms with Crippen LogP contribution < -0.4 is 0 Å². The van der Waals surface area contributed by atoms with Gasteiger partial charge in [-0.05, 0) is 38.0 Å². The van der Waals surface area contributed by atoms with E-state index >= 15 is 0 Å². The van der Waals surface area contributed by atoms with Crippen LogP contribution in [0.4, 0.5) is 0 Å². The van der Waals surface area contributed by atoms with E-state index in [1.54, 1.807) is 6.07 Å². The summed E-state index contributed by atoms with van der Waals surface area (Å²) in [4.78, 5) is 29.7. The van der Waals surface area contributed by atoms with Crippen LogP contribution in [0.5, 0.6) is 0 Å². The second-order valence-electron chi connectivity index (χ2n) is 7.64. The largest absolute Gasteiger partial charge is 0.364 e. The summed E-state index contributed by atoms with van der Waals surface area (Å²) in [5.41, 5.74) is 3.12. The zero-order valence-corrected chi connectivity index (χ0v) is 15.6. The number of likely N-dealkylation sites (tertiary alicyclic amines) is 1. The second-order valence-corrected chi connectivity index (χ2v) is 7.64. The minimum atomic E-state index is 0.0167. The molecule has 4 heterocycles. The molecule has 2 aliphatic rings. The van der Waals surface area contributed by atoms with E-state index < -0.39 is 0 Å². The summed E-state index contributed by atoms with van der Waals surface area (Å²) in [5, 5.41) is 12.0. The Labute approximate surface area is 161 Å². The first-order chi connectivity index (χ1) is 13.6. The number of fused-ring (bicyclic) bond motifs is 3. The van der Waals surface area contributed by atoms with Crippen molar-refractivity contribution in [2.75, 3.05) is 13.1 Å². The van der Waals surface area contributed by atoms with Crippen LogP contribution in [0.3, 0.4) is 0 Å². The molecule has 1 N–H and O–H groups in total. The average molecular weight is 379 g/mol. The molecule has 2 fully saturated rings. The number of benzene rings is 1. The number of nitrogens with one attached hydrogen (secondary N) is 1. The van der Waals surface area contributed by atoms with Gasteiger partial charge in [0.1, 0.15) is 6.26 Å². The van der Waals surface area contributed by atoms with Crippen LogP contribution in [-0.4, -0.2) is 62.1 Å². The number of aromatic amines is 1. The van der Waals surface area contributed by atoms with Crippen molar-refractivity contribution in [3.05, 3.63) is 47.5 Å². The van der Waals surface area contributed by atoms with Gasteiger partial charge >= 0.3 is 0 Å². The van der Waals surface area contributed by atoms with Gasteiger partial charge in [-0.15, -0.1) is 0 Å². The smallest absolute Gasteiger partial charge is 0.254 e. The lowest BCUT2D eigenvalue weighted by molar-refractivity contribution is -0.135. The molecule has 0 unspecified atom stereocenters. The highest BCUT2D eigenvalue weighted by molar-refractivity contribution is 5.98. The van der Waals surface area contributed by atoms with Crippen molar-refractivity contribution >= 4 is 22.7 Å². The van der Waals surface area contributed by atoms with E-state index in [2.05, 4.69) is 15.4 Å². The fourth-order valence-corrected chi connectivity index (χ4v) is 4.50. The van der Waals surface area contributed by atoms with Gasteiger partial charge in [-0.1, -0.05) is 5.16 Å². The van der Waals surface area contributed by atoms with Crippen LogP contribution in [0.2, 0.25) is 0 Å². The second kappa shape index (κ2) is 6.47. The van der Waals surface area contributed by atoms with Crippen molar-refractivity contribution < 1.29 is 14.1 Å². The zero-order valence-electron chi connectivity index (χ0n) is 15.6. The highest BCUT2D eigenvalue weighted by atomic mass is 16.5. The SMILES string of the molecule is Cc1[nH]nc2ccc(C(=O)N3C[C@H]4CC[C@@H](C3)N4C(=O)Cc3ccon3)cc12. The Balaban J connectivity index is 1.32.